The maximum absolute atomic E-state index is 13.2. The molecule has 154 valence electrons. The van der Waals surface area contributed by atoms with E-state index in [1.807, 2.05) is 62.4 Å². The number of benzene rings is 2. The number of aromatic nitrogens is 4. The number of carbonyl (C=O) groups excluding carboxylic acids is 1. The first-order chi connectivity index (χ1) is 14.6. The zero-order chi connectivity index (χ0) is 21.1. The first-order valence-electron chi connectivity index (χ1n) is 9.47. The van der Waals surface area contributed by atoms with Crippen molar-refractivity contribution in [3.63, 3.8) is 0 Å². The molecule has 0 radical (unpaired) electrons. The number of allylic oxidation sites excluding steroid dienone is 1. The zero-order valence-corrected chi connectivity index (χ0v) is 18.1. The van der Waals surface area contributed by atoms with Gasteiger partial charge in [-0.2, -0.15) is 4.68 Å². The lowest BCUT2D eigenvalue weighted by Crippen LogP contribution is -2.30. The Bertz CT molecular complexity index is 1100. The van der Waals surface area contributed by atoms with Crippen LogP contribution in [0.5, 0.6) is 5.75 Å². The third-order valence-corrected chi connectivity index (χ3v) is 5.21. The Morgan fingerprint density at radius 3 is 2.80 bits per heavy atom. The van der Waals surface area contributed by atoms with Crippen LogP contribution in [-0.2, 0) is 16.1 Å². The fraction of sp³-hybridized carbons (Fsp3) is 0.238. The van der Waals surface area contributed by atoms with Crippen molar-refractivity contribution in [3.05, 3.63) is 75.4 Å². The number of hydrogen-bond acceptors (Lipinski definition) is 7. The molecule has 3 aromatic rings. The summed E-state index contributed by atoms with van der Waals surface area (Å²) in [6.07, 6.45) is 0. The molecule has 0 spiro atoms. The number of nitrogens with one attached hydrogen (secondary N) is 1. The van der Waals surface area contributed by atoms with E-state index in [0.717, 1.165) is 15.6 Å². The Kier molecular flexibility index (Phi) is 5.80. The number of esters is 1. The van der Waals surface area contributed by atoms with E-state index in [1.54, 1.807) is 4.68 Å². The van der Waals surface area contributed by atoms with Crippen LogP contribution in [0.4, 0.5) is 5.95 Å². The summed E-state index contributed by atoms with van der Waals surface area (Å²) in [5.74, 6) is 0.646. The third kappa shape index (κ3) is 3.93. The number of tetrazole rings is 1. The van der Waals surface area contributed by atoms with Gasteiger partial charge in [-0.1, -0.05) is 51.4 Å². The van der Waals surface area contributed by atoms with Gasteiger partial charge in [0, 0.05) is 15.7 Å². The summed E-state index contributed by atoms with van der Waals surface area (Å²) < 4.78 is 13.9. The largest absolute Gasteiger partial charge is 0.494 e. The summed E-state index contributed by atoms with van der Waals surface area (Å²) in [5, 5.41) is 15.0. The number of fused-ring (bicyclic) bond motifs is 1. The molecule has 1 aliphatic heterocycles. The van der Waals surface area contributed by atoms with E-state index in [0.29, 0.717) is 29.6 Å². The second-order valence-electron chi connectivity index (χ2n) is 6.69. The summed E-state index contributed by atoms with van der Waals surface area (Å²) in [6, 6.07) is 14.6. The highest BCUT2D eigenvalue weighted by atomic mass is 79.9. The average molecular weight is 470 g/mol. The van der Waals surface area contributed by atoms with Crippen molar-refractivity contribution < 1.29 is 14.3 Å². The van der Waals surface area contributed by atoms with Crippen LogP contribution >= 0.6 is 15.9 Å². The average Bonchev–Trinajstić information content (AvgIpc) is 3.21. The molecule has 2 aromatic carbocycles. The van der Waals surface area contributed by atoms with E-state index < -0.39 is 12.0 Å². The van der Waals surface area contributed by atoms with E-state index in [-0.39, 0.29) is 6.61 Å². The smallest absolute Gasteiger partial charge is 0.338 e. The van der Waals surface area contributed by atoms with Crippen molar-refractivity contribution in [3.8, 4) is 5.75 Å². The highest BCUT2D eigenvalue weighted by Crippen LogP contribution is 2.40. The van der Waals surface area contributed by atoms with Crippen molar-refractivity contribution in [2.45, 2.75) is 26.5 Å². The van der Waals surface area contributed by atoms with E-state index in [2.05, 4.69) is 36.8 Å². The van der Waals surface area contributed by atoms with Gasteiger partial charge in [0.05, 0.1) is 12.2 Å². The second kappa shape index (κ2) is 8.66. The quantitative estimate of drug-likeness (QED) is 0.547. The molecule has 0 fully saturated rings. The topological polar surface area (TPSA) is 91.2 Å². The molecule has 1 atom stereocenters. The number of nitrogens with zero attached hydrogens (tertiary/aromatic N) is 4. The van der Waals surface area contributed by atoms with Gasteiger partial charge in [-0.25, -0.2) is 4.79 Å². The van der Waals surface area contributed by atoms with Crippen LogP contribution in [0.2, 0.25) is 0 Å². The molecular weight excluding hydrogens is 450 g/mol. The van der Waals surface area contributed by atoms with E-state index >= 15 is 0 Å². The molecule has 0 saturated heterocycles. The molecule has 0 bridgehead atoms. The number of halogens is 1. The Morgan fingerprint density at radius 1 is 1.23 bits per heavy atom. The van der Waals surface area contributed by atoms with Crippen molar-refractivity contribution >= 4 is 27.8 Å². The van der Waals surface area contributed by atoms with Crippen molar-refractivity contribution in [1.82, 2.24) is 20.2 Å². The molecule has 0 saturated carbocycles. The lowest BCUT2D eigenvalue weighted by Gasteiger charge is -2.28. The Hall–Kier alpha value is -3.20. The van der Waals surface area contributed by atoms with Crippen molar-refractivity contribution in [2.75, 3.05) is 11.9 Å². The maximum Gasteiger partial charge on any atom is 0.338 e. The van der Waals surface area contributed by atoms with Gasteiger partial charge in [0.25, 0.3) is 0 Å². The second-order valence-corrected chi connectivity index (χ2v) is 7.61. The molecule has 1 aromatic heterocycles. The Labute approximate surface area is 182 Å². The number of hydrogen-bond donors (Lipinski definition) is 1. The molecule has 0 aliphatic carbocycles. The fourth-order valence-corrected chi connectivity index (χ4v) is 3.76. The maximum atomic E-state index is 13.2. The molecular formula is C21H20BrN5O3. The van der Waals surface area contributed by atoms with Gasteiger partial charge in [-0.3, -0.25) is 0 Å². The van der Waals surface area contributed by atoms with Crippen LogP contribution < -0.4 is 10.1 Å². The standard InChI is InChI=1S/C21H20BrN5O3/c1-3-29-17-10-9-15(22)11-16(17)19-18(13(2)23-21-24-25-26-27(19)21)20(28)30-12-14-7-5-4-6-8-14/h4-11,19H,3,12H2,1-2H3,(H,23,24,26). The van der Waals surface area contributed by atoms with Gasteiger partial charge in [-0.15, -0.1) is 0 Å². The van der Waals surface area contributed by atoms with Crippen LogP contribution in [0.3, 0.4) is 0 Å². The number of carbonyl (C=O) groups is 1. The van der Waals surface area contributed by atoms with Crippen LogP contribution in [0.15, 0.2) is 64.3 Å². The summed E-state index contributed by atoms with van der Waals surface area (Å²) in [6.45, 7) is 4.37. The van der Waals surface area contributed by atoms with Gasteiger partial charge in [0.1, 0.15) is 18.4 Å². The molecule has 1 aliphatic rings. The summed E-state index contributed by atoms with van der Waals surface area (Å²) in [5.41, 5.74) is 2.71. The zero-order valence-electron chi connectivity index (χ0n) is 16.5. The van der Waals surface area contributed by atoms with Crippen molar-refractivity contribution in [1.29, 1.82) is 0 Å². The molecule has 9 heteroatoms. The fourth-order valence-electron chi connectivity index (χ4n) is 3.39. The third-order valence-electron chi connectivity index (χ3n) is 4.71. The van der Waals surface area contributed by atoms with Crippen LogP contribution in [0.25, 0.3) is 0 Å². The van der Waals surface area contributed by atoms with E-state index in [9.17, 15) is 4.79 Å². The van der Waals surface area contributed by atoms with Gasteiger partial charge in [0.2, 0.25) is 5.95 Å². The minimum atomic E-state index is -0.599. The normalized spacial score (nSPS) is 15.4. The number of rotatable bonds is 6. The first kappa shape index (κ1) is 20.1. The monoisotopic (exact) mass is 469 g/mol. The summed E-state index contributed by atoms with van der Waals surface area (Å²) in [7, 11) is 0. The molecule has 8 nitrogen and oxygen atoms in total. The first-order valence-corrected chi connectivity index (χ1v) is 10.3. The summed E-state index contributed by atoms with van der Waals surface area (Å²) >= 11 is 3.51. The molecule has 4 rings (SSSR count). The summed E-state index contributed by atoms with van der Waals surface area (Å²) in [4.78, 5) is 13.2. The van der Waals surface area contributed by atoms with Gasteiger partial charge < -0.3 is 14.8 Å². The van der Waals surface area contributed by atoms with Crippen molar-refractivity contribution in [2.24, 2.45) is 0 Å². The van der Waals surface area contributed by atoms with Gasteiger partial charge in [0.15, 0.2) is 0 Å². The minimum absolute atomic E-state index is 0.169. The van der Waals surface area contributed by atoms with E-state index in [1.165, 1.54) is 0 Å². The lowest BCUT2D eigenvalue weighted by molar-refractivity contribution is -0.140. The molecule has 1 N–H and O–H groups in total. The molecule has 1 unspecified atom stereocenters. The SMILES string of the molecule is CCOc1ccc(Br)cc1C1C(C(=O)OCc2ccccc2)=C(C)Nc2nnnn21. The highest BCUT2D eigenvalue weighted by molar-refractivity contribution is 9.10. The van der Waals surface area contributed by atoms with Crippen LogP contribution in [0, 0.1) is 0 Å². The Balaban J connectivity index is 1.74. The van der Waals surface area contributed by atoms with Gasteiger partial charge >= 0.3 is 5.97 Å². The van der Waals surface area contributed by atoms with E-state index in [4.69, 9.17) is 9.47 Å². The Morgan fingerprint density at radius 2 is 2.03 bits per heavy atom. The van der Waals surface area contributed by atoms with Gasteiger partial charge in [-0.05, 0) is 48.0 Å². The predicted molar refractivity (Wildman–Crippen MR) is 114 cm³/mol. The molecule has 30 heavy (non-hydrogen) atoms. The van der Waals surface area contributed by atoms with Crippen LogP contribution in [0.1, 0.15) is 31.0 Å². The highest BCUT2D eigenvalue weighted by Gasteiger charge is 2.36. The molecule has 0 amide bonds. The minimum Gasteiger partial charge on any atom is -0.494 e. The predicted octanol–water partition coefficient (Wildman–Crippen LogP) is 3.87. The molecule has 2 heterocycles. The number of ether oxygens (including phenoxy) is 2. The lowest BCUT2D eigenvalue weighted by atomic mass is 9.95. The van der Waals surface area contributed by atoms with Crippen LogP contribution in [-0.4, -0.2) is 32.8 Å². The number of anilines is 1.